The van der Waals surface area contributed by atoms with E-state index < -0.39 is 0 Å². The van der Waals surface area contributed by atoms with Crippen molar-refractivity contribution in [2.45, 2.75) is 6.54 Å². The summed E-state index contributed by atoms with van der Waals surface area (Å²) in [5.74, 6) is -0.250. The Labute approximate surface area is 91.0 Å². The first-order valence-corrected chi connectivity index (χ1v) is 4.74. The topological polar surface area (TPSA) is 62.3 Å². The Morgan fingerprint density at radius 2 is 2.33 bits per heavy atom. The van der Waals surface area contributed by atoms with Crippen LogP contribution >= 0.6 is 11.6 Å². The lowest BCUT2D eigenvalue weighted by molar-refractivity contribution is -0.125. The lowest BCUT2D eigenvalue weighted by Crippen LogP contribution is -2.30. The van der Waals surface area contributed by atoms with Gasteiger partial charge in [0.15, 0.2) is 0 Å². The van der Waals surface area contributed by atoms with Crippen molar-refractivity contribution in [2.24, 2.45) is 0 Å². The molecule has 0 radical (unpaired) electrons. The molecule has 1 aromatic rings. The van der Waals surface area contributed by atoms with Gasteiger partial charge in [0.25, 0.3) is 0 Å². The summed E-state index contributed by atoms with van der Waals surface area (Å²) in [5.41, 5.74) is 0.657. The van der Waals surface area contributed by atoms with Crippen LogP contribution in [-0.4, -0.2) is 28.4 Å². The number of imide groups is 1. The Kier molecular flexibility index (Phi) is 2.55. The van der Waals surface area contributed by atoms with E-state index in [1.165, 1.54) is 0 Å². The second-order valence-electron chi connectivity index (χ2n) is 3.09. The number of hydrogen-bond acceptors (Lipinski definition) is 3. The number of nitrogens with one attached hydrogen (secondary N) is 1. The average Bonchev–Trinajstić information content (AvgIpc) is 2.53. The van der Waals surface area contributed by atoms with Gasteiger partial charge in [-0.2, -0.15) is 0 Å². The van der Waals surface area contributed by atoms with Gasteiger partial charge in [0.05, 0.1) is 13.1 Å². The smallest absolute Gasteiger partial charge is 0.324 e. The molecule has 2 heterocycles. The summed E-state index contributed by atoms with van der Waals surface area (Å²) in [7, 11) is 0. The number of halogens is 1. The number of carbonyl (C=O) groups excluding carboxylic acids is 2. The van der Waals surface area contributed by atoms with Crippen molar-refractivity contribution in [3.05, 3.63) is 29.0 Å². The van der Waals surface area contributed by atoms with Gasteiger partial charge in [-0.05, 0) is 6.07 Å². The normalized spacial score (nSPS) is 15.7. The molecule has 0 saturated carbocycles. The molecule has 1 aliphatic rings. The van der Waals surface area contributed by atoms with Gasteiger partial charge in [0, 0.05) is 11.8 Å². The molecule has 3 amide bonds. The Balaban J connectivity index is 2.18. The molecule has 0 bridgehead atoms. The highest BCUT2D eigenvalue weighted by molar-refractivity contribution is 6.30. The quantitative estimate of drug-likeness (QED) is 0.598. The number of urea groups is 1. The Bertz CT molecular complexity index is 406. The van der Waals surface area contributed by atoms with Gasteiger partial charge in [-0.3, -0.25) is 9.69 Å². The van der Waals surface area contributed by atoms with Gasteiger partial charge in [-0.15, -0.1) is 0 Å². The molecule has 6 heteroatoms. The summed E-state index contributed by atoms with van der Waals surface area (Å²) in [5, 5.41) is 2.74. The molecule has 0 aromatic carbocycles. The second kappa shape index (κ2) is 3.86. The van der Waals surface area contributed by atoms with Crippen LogP contribution in [0.15, 0.2) is 18.3 Å². The minimum atomic E-state index is -0.389. The average molecular weight is 226 g/mol. The zero-order chi connectivity index (χ0) is 10.8. The summed E-state index contributed by atoms with van der Waals surface area (Å²) >= 11 is 5.82. The Morgan fingerprint density at radius 1 is 1.53 bits per heavy atom. The van der Waals surface area contributed by atoms with E-state index in [1.807, 2.05) is 0 Å². The fraction of sp³-hybridized carbons (Fsp3) is 0.222. The van der Waals surface area contributed by atoms with Crippen LogP contribution in [0.5, 0.6) is 0 Å². The van der Waals surface area contributed by atoms with E-state index in [4.69, 9.17) is 11.6 Å². The van der Waals surface area contributed by atoms with Gasteiger partial charge in [-0.25, -0.2) is 9.78 Å². The molecule has 0 atom stereocenters. The Morgan fingerprint density at radius 3 is 2.93 bits per heavy atom. The molecule has 0 unspecified atom stereocenters. The number of nitrogens with zero attached hydrogens (tertiary/aromatic N) is 2. The van der Waals surface area contributed by atoms with Crippen LogP contribution in [0.25, 0.3) is 0 Å². The van der Waals surface area contributed by atoms with Crippen LogP contribution in [-0.2, 0) is 11.3 Å². The van der Waals surface area contributed by atoms with E-state index in [-0.39, 0.29) is 25.0 Å². The summed E-state index contributed by atoms with van der Waals surface area (Å²) in [6, 6.07) is 3.05. The van der Waals surface area contributed by atoms with E-state index in [2.05, 4.69) is 10.3 Å². The van der Waals surface area contributed by atoms with Gasteiger partial charge in [0.1, 0.15) is 5.15 Å². The van der Waals surface area contributed by atoms with Gasteiger partial charge < -0.3 is 5.32 Å². The molecule has 1 N–H and O–H groups in total. The van der Waals surface area contributed by atoms with E-state index >= 15 is 0 Å². The first kappa shape index (κ1) is 9.92. The standard InChI is InChI=1S/C9H8ClN3O2/c10-8-6(2-1-3-11-8)5-13-7(14)4-12-9(13)15/h1-3H,4-5H2,(H,12,15). The zero-order valence-electron chi connectivity index (χ0n) is 7.74. The van der Waals surface area contributed by atoms with Gasteiger partial charge in [0.2, 0.25) is 5.91 Å². The SMILES string of the molecule is O=C1CNC(=O)N1Cc1cccnc1Cl. The molecule has 0 spiro atoms. The zero-order valence-corrected chi connectivity index (χ0v) is 8.49. The van der Waals surface area contributed by atoms with E-state index in [1.54, 1.807) is 18.3 Å². The molecular formula is C9H8ClN3O2. The largest absolute Gasteiger partial charge is 0.329 e. The molecular weight excluding hydrogens is 218 g/mol. The fourth-order valence-corrected chi connectivity index (χ4v) is 1.50. The fourth-order valence-electron chi connectivity index (χ4n) is 1.32. The monoisotopic (exact) mass is 225 g/mol. The van der Waals surface area contributed by atoms with Crippen molar-refractivity contribution in [3.8, 4) is 0 Å². The number of pyridine rings is 1. The summed E-state index contributed by atoms with van der Waals surface area (Å²) in [6.45, 7) is 0.216. The van der Waals surface area contributed by atoms with Crippen LogP contribution in [0.2, 0.25) is 5.15 Å². The first-order valence-electron chi connectivity index (χ1n) is 4.36. The molecule has 2 rings (SSSR count). The highest BCUT2D eigenvalue weighted by Gasteiger charge is 2.28. The minimum Gasteiger partial charge on any atom is -0.329 e. The first-order chi connectivity index (χ1) is 7.18. The van der Waals surface area contributed by atoms with Gasteiger partial charge in [-0.1, -0.05) is 17.7 Å². The van der Waals surface area contributed by atoms with Crippen molar-refractivity contribution in [1.82, 2.24) is 15.2 Å². The maximum absolute atomic E-state index is 11.3. The molecule has 15 heavy (non-hydrogen) atoms. The summed E-state index contributed by atoms with van der Waals surface area (Å²) < 4.78 is 0. The number of amides is 3. The third kappa shape index (κ3) is 1.92. The van der Waals surface area contributed by atoms with E-state index in [0.29, 0.717) is 10.7 Å². The summed E-state index contributed by atoms with van der Waals surface area (Å²) in [4.78, 5) is 27.5. The predicted molar refractivity (Wildman–Crippen MR) is 53.2 cm³/mol. The summed E-state index contributed by atoms with van der Waals surface area (Å²) in [6.07, 6.45) is 1.55. The molecule has 78 valence electrons. The number of rotatable bonds is 2. The lowest BCUT2D eigenvalue weighted by atomic mass is 10.2. The highest BCUT2D eigenvalue weighted by Crippen LogP contribution is 2.15. The molecule has 1 saturated heterocycles. The second-order valence-corrected chi connectivity index (χ2v) is 3.45. The van der Waals surface area contributed by atoms with Crippen LogP contribution < -0.4 is 5.32 Å². The van der Waals surface area contributed by atoms with Crippen molar-refractivity contribution < 1.29 is 9.59 Å². The van der Waals surface area contributed by atoms with E-state index in [0.717, 1.165) is 4.90 Å². The lowest BCUT2D eigenvalue weighted by Gasteiger charge is -2.12. The van der Waals surface area contributed by atoms with Crippen LogP contribution in [0, 0.1) is 0 Å². The van der Waals surface area contributed by atoms with Gasteiger partial charge >= 0.3 is 6.03 Å². The third-order valence-corrected chi connectivity index (χ3v) is 2.44. The van der Waals surface area contributed by atoms with Crippen LogP contribution in [0.1, 0.15) is 5.56 Å². The van der Waals surface area contributed by atoms with Crippen molar-refractivity contribution in [1.29, 1.82) is 0 Å². The van der Waals surface area contributed by atoms with Crippen LogP contribution in [0.4, 0.5) is 4.79 Å². The maximum atomic E-state index is 11.3. The maximum Gasteiger partial charge on any atom is 0.324 e. The molecule has 1 fully saturated rings. The number of carbonyl (C=O) groups is 2. The van der Waals surface area contributed by atoms with Crippen molar-refractivity contribution in [2.75, 3.05) is 6.54 Å². The molecule has 1 aromatic heterocycles. The minimum absolute atomic E-state index is 0.0523. The third-order valence-electron chi connectivity index (χ3n) is 2.10. The molecule has 1 aliphatic heterocycles. The van der Waals surface area contributed by atoms with Crippen LogP contribution in [0.3, 0.4) is 0 Å². The number of hydrogen-bond donors (Lipinski definition) is 1. The predicted octanol–water partition coefficient (Wildman–Crippen LogP) is 0.787. The number of aromatic nitrogens is 1. The molecule has 0 aliphatic carbocycles. The highest BCUT2D eigenvalue weighted by atomic mass is 35.5. The van der Waals surface area contributed by atoms with Crippen molar-refractivity contribution in [3.63, 3.8) is 0 Å². The molecule has 5 nitrogen and oxygen atoms in total. The van der Waals surface area contributed by atoms with E-state index in [9.17, 15) is 9.59 Å². The van der Waals surface area contributed by atoms with Crippen molar-refractivity contribution >= 4 is 23.5 Å². The Hall–Kier alpha value is -1.62.